The number of benzene rings is 2. The van der Waals surface area contributed by atoms with Crippen molar-refractivity contribution >= 4 is 28.6 Å². The summed E-state index contributed by atoms with van der Waals surface area (Å²) in [7, 11) is 1.57. The quantitative estimate of drug-likeness (QED) is 0.468. The second-order valence-electron chi connectivity index (χ2n) is 8.29. The van der Waals surface area contributed by atoms with Gasteiger partial charge in [0.1, 0.15) is 12.6 Å². The summed E-state index contributed by atoms with van der Waals surface area (Å²) in [6, 6.07) is 14.7. The fourth-order valence-corrected chi connectivity index (χ4v) is 5.01. The number of carbonyl (C=O) groups is 1. The maximum absolute atomic E-state index is 13.0. The maximum atomic E-state index is 13.0. The van der Waals surface area contributed by atoms with Gasteiger partial charge in [0.25, 0.3) is 5.56 Å². The van der Waals surface area contributed by atoms with Gasteiger partial charge in [0, 0.05) is 5.70 Å². The first-order valence-corrected chi connectivity index (χ1v) is 12.2. The van der Waals surface area contributed by atoms with Crippen LogP contribution in [0.2, 0.25) is 0 Å². The van der Waals surface area contributed by atoms with Crippen molar-refractivity contribution in [1.82, 2.24) is 4.57 Å². The Hall–Kier alpha value is -3.65. The number of methoxy groups -OCH3 is 1. The van der Waals surface area contributed by atoms with Crippen molar-refractivity contribution in [2.75, 3.05) is 13.7 Å². The standard InChI is InChI=1S/C27H28N2O5S/c1-6-33-26(31)22-17(4)29-25(30)24(16(2)3)35-27(29)28-23(22)19-12-13-20(21(14-19)32-5)34-15-18-10-8-7-9-11-18/h7-14,23H,6,15H2,1-5H3/t23-/m1/s1. The first-order valence-electron chi connectivity index (χ1n) is 11.4. The molecular weight excluding hydrogens is 464 g/mol. The molecule has 35 heavy (non-hydrogen) atoms. The van der Waals surface area contributed by atoms with Crippen molar-refractivity contribution < 1.29 is 19.0 Å². The highest BCUT2D eigenvalue weighted by atomic mass is 32.1. The van der Waals surface area contributed by atoms with E-state index in [2.05, 4.69) is 0 Å². The zero-order valence-electron chi connectivity index (χ0n) is 20.5. The van der Waals surface area contributed by atoms with Crippen LogP contribution in [0.15, 0.2) is 63.9 Å². The molecule has 0 amide bonds. The summed E-state index contributed by atoms with van der Waals surface area (Å²) in [5.41, 5.74) is 3.37. The molecule has 2 aromatic carbocycles. The number of hydrogen-bond acceptors (Lipinski definition) is 7. The van der Waals surface area contributed by atoms with E-state index in [1.54, 1.807) is 21.0 Å². The van der Waals surface area contributed by atoms with Crippen LogP contribution in [0.4, 0.5) is 0 Å². The van der Waals surface area contributed by atoms with Gasteiger partial charge in [-0.2, -0.15) is 0 Å². The molecule has 1 aromatic heterocycles. The summed E-state index contributed by atoms with van der Waals surface area (Å²) in [5, 5.41) is 0. The third-order valence-corrected chi connectivity index (χ3v) is 6.97. The predicted octanol–water partition coefficient (Wildman–Crippen LogP) is 3.86. The Labute approximate surface area is 207 Å². The lowest BCUT2D eigenvalue weighted by Gasteiger charge is -2.23. The molecule has 8 heteroatoms. The topological polar surface area (TPSA) is 79.1 Å². The SMILES string of the molecule is CCOC(=O)C1=C(C)n2c(sc(=C(C)C)c2=O)=N[C@@H]1c1ccc(OCc2ccccc2)c(OC)c1. The van der Waals surface area contributed by atoms with Crippen LogP contribution in [0.5, 0.6) is 11.5 Å². The number of ether oxygens (including phenoxy) is 3. The molecule has 0 N–H and O–H groups in total. The summed E-state index contributed by atoms with van der Waals surface area (Å²) < 4.78 is 19.1. The maximum Gasteiger partial charge on any atom is 0.338 e. The lowest BCUT2D eigenvalue weighted by Crippen LogP contribution is -2.35. The Kier molecular flexibility index (Phi) is 7.21. The number of allylic oxidation sites excluding steroid dienone is 1. The van der Waals surface area contributed by atoms with Crippen molar-refractivity contribution in [3.63, 3.8) is 0 Å². The van der Waals surface area contributed by atoms with Gasteiger partial charge in [0.15, 0.2) is 16.3 Å². The fourth-order valence-electron chi connectivity index (χ4n) is 3.98. The first kappa shape index (κ1) is 24.5. The van der Waals surface area contributed by atoms with Crippen molar-refractivity contribution in [3.05, 3.63) is 84.9 Å². The summed E-state index contributed by atoms with van der Waals surface area (Å²) >= 11 is 1.32. The van der Waals surface area contributed by atoms with Crippen LogP contribution in [0.25, 0.3) is 11.3 Å². The Morgan fingerprint density at radius 2 is 1.86 bits per heavy atom. The molecule has 7 nitrogen and oxygen atoms in total. The van der Waals surface area contributed by atoms with E-state index in [0.717, 1.165) is 16.7 Å². The Morgan fingerprint density at radius 3 is 2.51 bits per heavy atom. The Morgan fingerprint density at radius 1 is 1.11 bits per heavy atom. The number of esters is 1. The first-order chi connectivity index (χ1) is 16.8. The van der Waals surface area contributed by atoms with Crippen LogP contribution in [0, 0.1) is 0 Å². The smallest absolute Gasteiger partial charge is 0.338 e. The van der Waals surface area contributed by atoms with Crippen molar-refractivity contribution in [2.45, 2.75) is 40.3 Å². The van der Waals surface area contributed by atoms with Gasteiger partial charge in [-0.25, -0.2) is 9.79 Å². The number of carbonyl (C=O) groups excluding carboxylic acids is 1. The molecule has 1 atom stereocenters. The molecule has 0 fully saturated rings. The van der Waals surface area contributed by atoms with E-state index in [0.29, 0.717) is 38.7 Å². The molecule has 1 aliphatic rings. The number of nitrogens with zero attached hydrogens (tertiary/aromatic N) is 2. The largest absolute Gasteiger partial charge is 0.493 e. The third kappa shape index (κ3) is 4.79. The van der Waals surface area contributed by atoms with Crippen LogP contribution in [0.3, 0.4) is 0 Å². The number of hydrogen-bond donors (Lipinski definition) is 0. The van der Waals surface area contributed by atoms with Gasteiger partial charge >= 0.3 is 5.97 Å². The minimum absolute atomic E-state index is 0.172. The molecule has 0 unspecified atom stereocenters. The number of rotatable bonds is 7. The second kappa shape index (κ2) is 10.3. The van der Waals surface area contributed by atoms with Crippen molar-refractivity contribution in [2.24, 2.45) is 4.99 Å². The van der Waals surface area contributed by atoms with Crippen LogP contribution in [-0.2, 0) is 16.1 Å². The number of aromatic nitrogens is 1. The summed E-state index contributed by atoms with van der Waals surface area (Å²) in [4.78, 5) is 31.4. The van der Waals surface area contributed by atoms with Gasteiger partial charge in [0.05, 0.1) is 23.8 Å². The molecular formula is C27H28N2O5S. The van der Waals surface area contributed by atoms with E-state index in [-0.39, 0.29) is 12.2 Å². The minimum atomic E-state index is -0.644. The van der Waals surface area contributed by atoms with Gasteiger partial charge in [-0.1, -0.05) is 53.3 Å². The molecule has 0 saturated heterocycles. The average Bonchev–Trinajstić information content (AvgIpc) is 3.20. The van der Waals surface area contributed by atoms with Crippen molar-refractivity contribution in [3.8, 4) is 11.5 Å². The van der Waals surface area contributed by atoms with Crippen LogP contribution in [-0.4, -0.2) is 24.3 Å². The van der Waals surface area contributed by atoms with E-state index >= 15 is 0 Å². The molecule has 182 valence electrons. The molecule has 3 aromatic rings. The average molecular weight is 493 g/mol. The molecule has 4 rings (SSSR count). The number of fused-ring (bicyclic) bond motifs is 1. The monoisotopic (exact) mass is 492 g/mol. The van der Waals surface area contributed by atoms with E-state index in [1.807, 2.05) is 62.4 Å². The van der Waals surface area contributed by atoms with Gasteiger partial charge in [-0.05, 0) is 51.0 Å². The Bertz CT molecular complexity index is 1460. The normalized spacial score (nSPS) is 14.7. The van der Waals surface area contributed by atoms with Crippen LogP contribution < -0.4 is 24.4 Å². The number of thiazole rings is 1. The highest BCUT2D eigenvalue weighted by Gasteiger charge is 2.32. The van der Waals surface area contributed by atoms with Crippen molar-refractivity contribution in [1.29, 1.82) is 0 Å². The Balaban J connectivity index is 1.80. The molecule has 0 aliphatic carbocycles. The van der Waals surface area contributed by atoms with E-state index in [9.17, 15) is 9.59 Å². The van der Waals surface area contributed by atoms with E-state index in [4.69, 9.17) is 19.2 Å². The molecule has 0 radical (unpaired) electrons. The molecule has 1 aliphatic heterocycles. The van der Waals surface area contributed by atoms with Crippen LogP contribution >= 0.6 is 11.3 Å². The summed E-state index contributed by atoms with van der Waals surface area (Å²) in [6.07, 6.45) is 0. The molecule has 2 heterocycles. The molecule has 0 saturated carbocycles. The lowest BCUT2D eigenvalue weighted by molar-refractivity contribution is -0.138. The highest BCUT2D eigenvalue weighted by molar-refractivity contribution is 7.07. The lowest BCUT2D eigenvalue weighted by atomic mass is 9.96. The predicted molar refractivity (Wildman–Crippen MR) is 136 cm³/mol. The zero-order chi connectivity index (χ0) is 25.1. The third-order valence-electron chi connectivity index (χ3n) is 5.71. The van der Waals surface area contributed by atoms with Gasteiger partial charge in [-0.15, -0.1) is 0 Å². The van der Waals surface area contributed by atoms with Gasteiger partial charge in [-0.3, -0.25) is 9.36 Å². The molecule has 0 spiro atoms. The zero-order valence-corrected chi connectivity index (χ0v) is 21.3. The van der Waals surface area contributed by atoms with E-state index < -0.39 is 12.0 Å². The molecule has 0 bridgehead atoms. The summed E-state index contributed by atoms with van der Waals surface area (Å²) in [5.74, 6) is 0.618. The van der Waals surface area contributed by atoms with Gasteiger partial charge < -0.3 is 14.2 Å². The van der Waals surface area contributed by atoms with Gasteiger partial charge in [0.2, 0.25) is 0 Å². The highest BCUT2D eigenvalue weighted by Crippen LogP contribution is 2.37. The fraction of sp³-hybridized carbons (Fsp3) is 0.296. The summed E-state index contributed by atoms with van der Waals surface area (Å²) in [6.45, 7) is 7.91. The van der Waals surface area contributed by atoms with E-state index in [1.165, 1.54) is 15.9 Å². The second-order valence-corrected chi connectivity index (χ2v) is 9.27. The minimum Gasteiger partial charge on any atom is -0.493 e. The van der Waals surface area contributed by atoms with Crippen LogP contribution in [0.1, 0.15) is 44.9 Å².